The molecule has 0 bridgehead atoms. The van der Waals surface area contributed by atoms with Gasteiger partial charge in [-0.2, -0.15) is 0 Å². The van der Waals surface area contributed by atoms with Crippen LogP contribution in [0.5, 0.6) is 0 Å². The zero-order valence-corrected chi connectivity index (χ0v) is 7.95. The number of rotatable bonds is 6. The highest BCUT2D eigenvalue weighted by Gasteiger charge is 2.09. The number of ketones is 1. The Morgan fingerprint density at radius 3 is 2.36 bits per heavy atom. The first-order valence-corrected chi connectivity index (χ1v) is 3.98. The number of carbonyl (C=O) groups is 3. The molecule has 0 rings (SSSR count). The smallest absolute Gasteiger partial charge is 0.344 e. The van der Waals surface area contributed by atoms with Crippen LogP contribution in [0, 0.1) is 0 Å². The zero-order chi connectivity index (χ0) is 11.0. The van der Waals surface area contributed by atoms with Gasteiger partial charge in [0.05, 0.1) is 0 Å². The van der Waals surface area contributed by atoms with E-state index in [2.05, 4.69) is 16.1 Å². The third-order valence-corrected chi connectivity index (χ3v) is 1.11. The van der Waals surface area contributed by atoms with E-state index in [1.54, 1.807) is 0 Å². The summed E-state index contributed by atoms with van der Waals surface area (Å²) < 4.78 is 8.97. The summed E-state index contributed by atoms with van der Waals surface area (Å²) in [5, 5.41) is 0. The van der Waals surface area contributed by atoms with Crippen molar-refractivity contribution in [1.82, 2.24) is 0 Å². The van der Waals surface area contributed by atoms with Crippen LogP contribution in [0.2, 0.25) is 0 Å². The van der Waals surface area contributed by atoms with Crippen molar-refractivity contribution in [2.45, 2.75) is 13.3 Å². The standard InChI is InChI=1S/C9H12O5/c1-3-4-13-9(12)6-14-8(11)5-7(2)10/h3H,1,4-6H2,2H3. The van der Waals surface area contributed by atoms with Crippen LogP contribution in [0.1, 0.15) is 13.3 Å². The zero-order valence-electron chi connectivity index (χ0n) is 7.95. The Morgan fingerprint density at radius 2 is 1.86 bits per heavy atom. The lowest BCUT2D eigenvalue weighted by Gasteiger charge is -2.02. The van der Waals surface area contributed by atoms with Gasteiger partial charge in [0.1, 0.15) is 18.8 Å². The number of carbonyl (C=O) groups excluding carboxylic acids is 3. The Hall–Kier alpha value is -1.65. The van der Waals surface area contributed by atoms with E-state index in [1.807, 2.05) is 0 Å². The van der Waals surface area contributed by atoms with Crippen molar-refractivity contribution < 1.29 is 23.9 Å². The molecule has 0 fully saturated rings. The fourth-order valence-electron chi connectivity index (χ4n) is 0.587. The number of hydrogen-bond donors (Lipinski definition) is 0. The van der Waals surface area contributed by atoms with Gasteiger partial charge >= 0.3 is 11.9 Å². The van der Waals surface area contributed by atoms with E-state index in [-0.39, 0.29) is 18.8 Å². The normalized spacial score (nSPS) is 8.93. The van der Waals surface area contributed by atoms with E-state index in [0.29, 0.717) is 0 Å². The van der Waals surface area contributed by atoms with Crippen LogP contribution >= 0.6 is 0 Å². The molecule has 5 nitrogen and oxygen atoms in total. The molecule has 0 spiro atoms. The molecule has 0 N–H and O–H groups in total. The van der Waals surface area contributed by atoms with Crippen LogP contribution < -0.4 is 0 Å². The Bertz CT molecular complexity index is 244. The second-order valence-corrected chi connectivity index (χ2v) is 2.51. The van der Waals surface area contributed by atoms with Crippen LogP contribution in [-0.4, -0.2) is 30.9 Å². The third-order valence-electron chi connectivity index (χ3n) is 1.11. The Labute approximate surface area is 81.7 Å². The maximum Gasteiger partial charge on any atom is 0.344 e. The summed E-state index contributed by atoms with van der Waals surface area (Å²) in [6.07, 6.45) is 1.07. The van der Waals surface area contributed by atoms with E-state index in [0.717, 1.165) is 0 Å². The first-order chi connectivity index (χ1) is 6.56. The molecule has 0 radical (unpaired) electrons. The molecule has 0 unspecified atom stereocenters. The van der Waals surface area contributed by atoms with Crippen LogP contribution in [0.15, 0.2) is 12.7 Å². The highest BCUT2D eigenvalue weighted by atomic mass is 16.6. The molecule has 0 aromatic heterocycles. The number of ether oxygens (including phenoxy) is 2. The van der Waals surface area contributed by atoms with E-state index < -0.39 is 18.5 Å². The molecule has 0 aliphatic heterocycles. The fourth-order valence-corrected chi connectivity index (χ4v) is 0.587. The quantitative estimate of drug-likeness (QED) is 0.349. The Morgan fingerprint density at radius 1 is 1.21 bits per heavy atom. The van der Waals surface area contributed by atoms with Gasteiger partial charge in [0.2, 0.25) is 0 Å². The summed E-state index contributed by atoms with van der Waals surface area (Å²) in [5.74, 6) is -1.70. The monoisotopic (exact) mass is 200 g/mol. The Balaban J connectivity index is 3.60. The molecule has 0 aliphatic carbocycles. The average molecular weight is 200 g/mol. The summed E-state index contributed by atoms with van der Waals surface area (Å²) >= 11 is 0. The molecule has 0 aromatic rings. The molecular weight excluding hydrogens is 188 g/mol. The summed E-state index contributed by atoms with van der Waals surface area (Å²) in [6, 6.07) is 0. The van der Waals surface area contributed by atoms with Crippen LogP contribution in [0.25, 0.3) is 0 Å². The lowest BCUT2D eigenvalue weighted by molar-refractivity contribution is -0.158. The molecule has 0 heterocycles. The van der Waals surface area contributed by atoms with Gasteiger partial charge < -0.3 is 9.47 Å². The van der Waals surface area contributed by atoms with Gasteiger partial charge in [0.25, 0.3) is 0 Å². The molecule has 78 valence electrons. The number of Topliss-reactive ketones (excluding diaryl/α,β-unsaturated/α-hetero) is 1. The van der Waals surface area contributed by atoms with E-state index in [4.69, 9.17) is 0 Å². The van der Waals surface area contributed by atoms with Gasteiger partial charge in [0.15, 0.2) is 6.61 Å². The highest BCUT2D eigenvalue weighted by Crippen LogP contribution is 1.89. The first-order valence-electron chi connectivity index (χ1n) is 3.98. The lowest BCUT2D eigenvalue weighted by atomic mass is 10.3. The summed E-state index contributed by atoms with van der Waals surface area (Å²) in [7, 11) is 0. The highest BCUT2D eigenvalue weighted by molar-refractivity contribution is 5.94. The first kappa shape index (κ1) is 12.3. The van der Waals surface area contributed by atoms with Gasteiger partial charge in [0, 0.05) is 0 Å². The predicted molar refractivity (Wildman–Crippen MR) is 47.4 cm³/mol. The summed E-state index contributed by atoms with van der Waals surface area (Å²) in [5.41, 5.74) is 0. The molecule has 0 aromatic carbocycles. The van der Waals surface area contributed by atoms with Gasteiger partial charge in [-0.1, -0.05) is 12.7 Å². The number of esters is 2. The SMILES string of the molecule is C=CCOC(=O)COC(=O)CC(C)=O. The molecule has 0 aliphatic rings. The van der Waals surface area contributed by atoms with Gasteiger partial charge in [-0.05, 0) is 6.92 Å². The van der Waals surface area contributed by atoms with Gasteiger partial charge in [-0.15, -0.1) is 0 Å². The van der Waals surface area contributed by atoms with E-state index >= 15 is 0 Å². The fraction of sp³-hybridized carbons (Fsp3) is 0.444. The molecule has 0 atom stereocenters. The second kappa shape index (κ2) is 6.82. The van der Waals surface area contributed by atoms with Crippen LogP contribution in [0.4, 0.5) is 0 Å². The minimum atomic E-state index is -0.729. The molecule has 14 heavy (non-hydrogen) atoms. The van der Waals surface area contributed by atoms with Crippen molar-refractivity contribution in [1.29, 1.82) is 0 Å². The van der Waals surface area contributed by atoms with Crippen molar-refractivity contribution in [3.05, 3.63) is 12.7 Å². The number of hydrogen-bond acceptors (Lipinski definition) is 5. The molecule has 5 heteroatoms. The predicted octanol–water partition coefficient (Wildman–Crippen LogP) is 0.238. The molecule has 0 saturated carbocycles. The van der Waals surface area contributed by atoms with Crippen LogP contribution in [-0.2, 0) is 23.9 Å². The Kier molecular flexibility index (Phi) is 6.02. The largest absolute Gasteiger partial charge is 0.459 e. The van der Waals surface area contributed by atoms with Gasteiger partial charge in [-0.25, -0.2) is 4.79 Å². The average Bonchev–Trinajstić information content (AvgIpc) is 2.10. The third kappa shape index (κ3) is 7.02. The maximum absolute atomic E-state index is 10.8. The van der Waals surface area contributed by atoms with E-state index in [9.17, 15) is 14.4 Å². The van der Waals surface area contributed by atoms with Gasteiger partial charge in [-0.3, -0.25) is 9.59 Å². The topological polar surface area (TPSA) is 69.7 Å². The summed E-state index contributed by atoms with van der Waals surface area (Å²) in [6.45, 7) is 4.20. The van der Waals surface area contributed by atoms with Crippen molar-refractivity contribution in [3.8, 4) is 0 Å². The molecule has 0 amide bonds. The minimum Gasteiger partial charge on any atom is -0.459 e. The van der Waals surface area contributed by atoms with E-state index in [1.165, 1.54) is 13.0 Å². The minimum absolute atomic E-state index is 0.0725. The lowest BCUT2D eigenvalue weighted by Crippen LogP contribution is -2.17. The molecular formula is C9H12O5. The van der Waals surface area contributed by atoms with Crippen molar-refractivity contribution >= 4 is 17.7 Å². The second-order valence-electron chi connectivity index (χ2n) is 2.51. The van der Waals surface area contributed by atoms with Crippen molar-refractivity contribution in [2.24, 2.45) is 0 Å². The maximum atomic E-state index is 10.8. The van der Waals surface area contributed by atoms with Crippen molar-refractivity contribution in [3.63, 3.8) is 0 Å². The summed E-state index contributed by atoms with van der Waals surface area (Å²) in [4.78, 5) is 32.0. The van der Waals surface area contributed by atoms with Crippen LogP contribution in [0.3, 0.4) is 0 Å². The van der Waals surface area contributed by atoms with Crippen molar-refractivity contribution in [2.75, 3.05) is 13.2 Å². The molecule has 0 saturated heterocycles.